The smallest absolute Gasteiger partial charge is 0.217 e. The van der Waals surface area contributed by atoms with Gasteiger partial charge >= 0.3 is 0 Å². The number of carbonyl (C=O) groups excluding carboxylic acids is 1. The van der Waals surface area contributed by atoms with E-state index in [1.807, 2.05) is 0 Å². The van der Waals surface area contributed by atoms with Crippen molar-refractivity contribution in [1.29, 1.82) is 0 Å². The van der Waals surface area contributed by atoms with Gasteiger partial charge in [0.2, 0.25) is 5.91 Å². The highest BCUT2D eigenvalue weighted by Gasteiger charge is 2.45. The minimum atomic E-state index is -1.32. The topological polar surface area (TPSA) is 117 Å². The van der Waals surface area contributed by atoms with E-state index in [0.29, 0.717) is 12.5 Å². The lowest BCUT2D eigenvalue weighted by Gasteiger charge is -2.42. The monoisotopic (exact) mass is 327 g/mol. The Kier molecular flexibility index (Phi) is 8.42. The standard InChI is InChI=1S/C12H22ClNO7/c1-7(16)14-9-11(18)10(17)8(6-15)21-12(9)20-5-4-19-3-2-13/h8-12,15,17-18H,2-6H2,1H3,(H,14,16)/t8-,9-,10+,11-,12-/m0/s1. The molecule has 0 aliphatic carbocycles. The van der Waals surface area contributed by atoms with Gasteiger partial charge in [0, 0.05) is 12.8 Å². The van der Waals surface area contributed by atoms with Gasteiger partial charge in [-0.1, -0.05) is 0 Å². The summed E-state index contributed by atoms with van der Waals surface area (Å²) in [6.07, 6.45) is -4.62. The van der Waals surface area contributed by atoms with Crippen LogP contribution in [0.4, 0.5) is 0 Å². The van der Waals surface area contributed by atoms with Gasteiger partial charge in [-0.2, -0.15) is 0 Å². The van der Waals surface area contributed by atoms with Crippen LogP contribution in [0.25, 0.3) is 0 Å². The Morgan fingerprint density at radius 2 is 2.00 bits per heavy atom. The number of aliphatic hydroxyl groups excluding tert-OH is 3. The second-order valence-electron chi connectivity index (χ2n) is 4.61. The molecule has 0 unspecified atom stereocenters. The summed E-state index contributed by atoms with van der Waals surface area (Å²) in [5.41, 5.74) is 0. The number of carbonyl (C=O) groups is 1. The first kappa shape index (κ1) is 18.6. The molecule has 1 heterocycles. The average molecular weight is 328 g/mol. The van der Waals surface area contributed by atoms with Crippen molar-refractivity contribution in [3.63, 3.8) is 0 Å². The Morgan fingerprint density at radius 1 is 1.29 bits per heavy atom. The van der Waals surface area contributed by atoms with Crippen LogP contribution in [-0.4, -0.2) is 84.2 Å². The lowest BCUT2D eigenvalue weighted by Crippen LogP contribution is -2.64. The number of halogens is 1. The summed E-state index contributed by atoms with van der Waals surface area (Å²) in [5, 5.41) is 31.4. The van der Waals surface area contributed by atoms with Crippen molar-refractivity contribution < 1.29 is 34.3 Å². The Bertz CT molecular complexity index is 320. The molecule has 1 aliphatic rings. The molecule has 8 nitrogen and oxygen atoms in total. The minimum absolute atomic E-state index is 0.151. The van der Waals surface area contributed by atoms with Gasteiger partial charge in [-0.05, 0) is 0 Å². The number of amides is 1. The van der Waals surface area contributed by atoms with Gasteiger partial charge < -0.3 is 34.8 Å². The maximum Gasteiger partial charge on any atom is 0.217 e. The van der Waals surface area contributed by atoms with Gasteiger partial charge in [0.05, 0.1) is 26.4 Å². The molecule has 1 saturated heterocycles. The van der Waals surface area contributed by atoms with Crippen LogP contribution in [0.1, 0.15) is 6.92 Å². The minimum Gasteiger partial charge on any atom is -0.394 e. The molecular formula is C12H22ClNO7. The van der Waals surface area contributed by atoms with E-state index in [1.165, 1.54) is 6.92 Å². The maximum absolute atomic E-state index is 11.2. The van der Waals surface area contributed by atoms with Crippen molar-refractivity contribution in [3.05, 3.63) is 0 Å². The SMILES string of the molecule is CC(=O)N[C@@H]1[C@@H](OCCOCCCl)O[C@@H](CO)[C@@H](O)[C@H]1O. The molecular weight excluding hydrogens is 306 g/mol. The second kappa shape index (κ2) is 9.52. The summed E-state index contributed by atoms with van der Waals surface area (Å²) in [6.45, 7) is 1.60. The number of alkyl halides is 1. The van der Waals surface area contributed by atoms with Crippen LogP contribution < -0.4 is 5.32 Å². The molecule has 21 heavy (non-hydrogen) atoms. The van der Waals surface area contributed by atoms with Crippen LogP contribution in [0.5, 0.6) is 0 Å². The summed E-state index contributed by atoms with van der Waals surface area (Å²) in [7, 11) is 0. The molecule has 0 aromatic carbocycles. The summed E-state index contributed by atoms with van der Waals surface area (Å²) in [5.74, 6) is -0.0318. The third kappa shape index (κ3) is 5.67. The quantitative estimate of drug-likeness (QED) is 0.307. The Hall–Kier alpha value is -0.480. The molecule has 1 aliphatic heterocycles. The molecule has 1 fully saturated rings. The van der Waals surface area contributed by atoms with E-state index in [1.54, 1.807) is 0 Å². The van der Waals surface area contributed by atoms with Crippen molar-refractivity contribution in [1.82, 2.24) is 5.32 Å². The van der Waals surface area contributed by atoms with Crippen LogP contribution in [-0.2, 0) is 19.0 Å². The zero-order valence-electron chi connectivity index (χ0n) is 11.8. The van der Waals surface area contributed by atoms with Crippen molar-refractivity contribution in [2.75, 3.05) is 32.3 Å². The molecule has 0 spiro atoms. The van der Waals surface area contributed by atoms with Gasteiger partial charge in [0.25, 0.3) is 0 Å². The maximum atomic E-state index is 11.2. The molecule has 1 rings (SSSR count). The first-order chi connectivity index (χ1) is 10.0. The molecule has 1 amide bonds. The lowest BCUT2D eigenvalue weighted by atomic mass is 9.97. The molecule has 4 N–H and O–H groups in total. The largest absolute Gasteiger partial charge is 0.394 e. The van der Waals surface area contributed by atoms with Gasteiger partial charge in [0.1, 0.15) is 24.4 Å². The van der Waals surface area contributed by atoms with Gasteiger partial charge in [-0.25, -0.2) is 0 Å². The first-order valence-electron chi connectivity index (χ1n) is 6.66. The Labute approximate surface area is 127 Å². The van der Waals surface area contributed by atoms with E-state index in [9.17, 15) is 15.0 Å². The fourth-order valence-corrected chi connectivity index (χ4v) is 2.10. The highest BCUT2D eigenvalue weighted by atomic mass is 35.5. The summed E-state index contributed by atoms with van der Waals surface area (Å²) >= 11 is 5.46. The molecule has 0 bridgehead atoms. The molecule has 0 radical (unpaired) electrons. The fraction of sp³-hybridized carbons (Fsp3) is 0.917. The average Bonchev–Trinajstić information content (AvgIpc) is 2.45. The van der Waals surface area contributed by atoms with E-state index in [0.717, 1.165) is 0 Å². The first-order valence-corrected chi connectivity index (χ1v) is 7.19. The van der Waals surface area contributed by atoms with Gasteiger partial charge in [-0.3, -0.25) is 4.79 Å². The van der Waals surface area contributed by atoms with Crippen LogP contribution >= 0.6 is 11.6 Å². The van der Waals surface area contributed by atoms with E-state index in [2.05, 4.69) is 5.32 Å². The predicted octanol–water partition coefficient (Wildman–Crippen LogP) is -1.80. The highest BCUT2D eigenvalue weighted by molar-refractivity contribution is 6.17. The lowest BCUT2D eigenvalue weighted by molar-refractivity contribution is -0.271. The zero-order chi connectivity index (χ0) is 15.8. The number of aliphatic hydroxyl groups is 3. The zero-order valence-corrected chi connectivity index (χ0v) is 12.5. The molecule has 9 heteroatoms. The number of ether oxygens (including phenoxy) is 3. The van der Waals surface area contributed by atoms with Crippen LogP contribution in [0.3, 0.4) is 0 Å². The molecule has 0 aromatic heterocycles. The molecule has 0 saturated carbocycles. The van der Waals surface area contributed by atoms with Crippen molar-refractivity contribution in [2.45, 2.75) is 37.6 Å². The molecule has 5 atom stereocenters. The number of nitrogens with one attached hydrogen (secondary N) is 1. The summed E-state index contributed by atoms with van der Waals surface area (Å²) < 4.78 is 15.9. The third-order valence-corrected chi connectivity index (χ3v) is 3.14. The predicted molar refractivity (Wildman–Crippen MR) is 72.9 cm³/mol. The van der Waals surface area contributed by atoms with E-state index in [-0.39, 0.29) is 13.2 Å². The normalized spacial score (nSPS) is 32.9. The van der Waals surface area contributed by atoms with Crippen molar-refractivity contribution in [2.24, 2.45) is 0 Å². The molecule has 124 valence electrons. The highest BCUT2D eigenvalue weighted by Crippen LogP contribution is 2.22. The van der Waals surface area contributed by atoms with E-state index < -0.39 is 43.2 Å². The van der Waals surface area contributed by atoms with Crippen LogP contribution in [0.15, 0.2) is 0 Å². The van der Waals surface area contributed by atoms with E-state index in [4.69, 9.17) is 30.9 Å². The Morgan fingerprint density at radius 3 is 2.57 bits per heavy atom. The second-order valence-corrected chi connectivity index (χ2v) is 4.98. The Balaban J connectivity index is 2.58. The van der Waals surface area contributed by atoms with Crippen LogP contribution in [0.2, 0.25) is 0 Å². The summed E-state index contributed by atoms with van der Waals surface area (Å²) in [4.78, 5) is 11.2. The summed E-state index contributed by atoms with van der Waals surface area (Å²) in [6, 6.07) is -0.937. The van der Waals surface area contributed by atoms with Crippen LogP contribution in [0, 0.1) is 0 Å². The number of rotatable bonds is 8. The van der Waals surface area contributed by atoms with Gasteiger partial charge in [-0.15, -0.1) is 11.6 Å². The fourth-order valence-electron chi connectivity index (χ4n) is 1.99. The van der Waals surface area contributed by atoms with Crippen molar-refractivity contribution >= 4 is 17.5 Å². The van der Waals surface area contributed by atoms with E-state index >= 15 is 0 Å². The number of hydrogen-bond acceptors (Lipinski definition) is 7. The van der Waals surface area contributed by atoms with Crippen molar-refractivity contribution in [3.8, 4) is 0 Å². The molecule has 0 aromatic rings. The van der Waals surface area contributed by atoms with Gasteiger partial charge in [0.15, 0.2) is 6.29 Å². The number of hydrogen-bond donors (Lipinski definition) is 4. The third-order valence-electron chi connectivity index (χ3n) is 2.98.